The van der Waals surface area contributed by atoms with Crippen molar-refractivity contribution in [3.8, 4) is 28.4 Å². The molecule has 1 aromatic heterocycles. The Kier molecular flexibility index (Phi) is 8.04. The minimum absolute atomic E-state index is 0.260. The Balaban J connectivity index is 1.29. The third-order valence-electron chi connectivity index (χ3n) is 5.72. The van der Waals surface area contributed by atoms with Crippen molar-refractivity contribution in [2.24, 2.45) is 5.10 Å². The molecular formula is C31H25FN4O3. The number of nitrogens with zero attached hydrogens (tertiary/aromatic N) is 3. The van der Waals surface area contributed by atoms with Gasteiger partial charge in [-0.1, -0.05) is 48.5 Å². The van der Waals surface area contributed by atoms with Crippen LogP contribution >= 0.6 is 0 Å². The number of carbonyl (C=O) groups is 1. The van der Waals surface area contributed by atoms with Gasteiger partial charge in [-0.2, -0.15) is 10.2 Å². The highest BCUT2D eigenvalue weighted by molar-refractivity contribution is 5.89. The van der Waals surface area contributed by atoms with Gasteiger partial charge in [0.15, 0.2) is 6.61 Å². The Labute approximate surface area is 225 Å². The van der Waals surface area contributed by atoms with E-state index in [2.05, 4.69) is 10.5 Å². The van der Waals surface area contributed by atoms with Crippen molar-refractivity contribution in [2.45, 2.75) is 6.61 Å². The average molecular weight is 521 g/mol. The minimum atomic E-state index is -0.451. The molecule has 0 fully saturated rings. The number of hydrazone groups is 1. The molecule has 0 saturated heterocycles. The fraction of sp³-hybridized carbons (Fsp3) is 0.0645. The zero-order valence-electron chi connectivity index (χ0n) is 20.9. The molecule has 0 atom stereocenters. The van der Waals surface area contributed by atoms with Crippen molar-refractivity contribution < 1.29 is 18.7 Å². The number of rotatable bonds is 10. The van der Waals surface area contributed by atoms with Crippen LogP contribution in [0.3, 0.4) is 0 Å². The van der Waals surface area contributed by atoms with Crippen molar-refractivity contribution in [3.05, 3.63) is 132 Å². The molecule has 0 unspecified atom stereocenters. The van der Waals surface area contributed by atoms with E-state index in [1.165, 1.54) is 30.5 Å². The highest BCUT2D eigenvalue weighted by atomic mass is 19.1. The number of hydrogen-bond donors (Lipinski definition) is 1. The Bertz CT molecular complexity index is 1540. The van der Waals surface area contributed by atoms with E-state index in [0.717, 1.165) is 22.6 Å². The molecular weight excluding hydrogens is 495 g/mol. The summed E-state index contributed by atoms with van der Waals surface area (Å²) in [7, 11) is 0. The predicted molar refractivity (Wildman–Crippen MR) is 147 cm³/mol. The van der Waals surface area contributed by atoms with Gasteiger partial charge in [0.1, 0.15) is 29.6 Å². The average Bonchev–Trinajstić information content (AvgIpc) is 3.41. The van der Waals surface area contributed by atoms with E-state index in [0.29, 0.717) is 23.6 Å². The summed E-state index contributed by atoms with van der Waals surface area (Å²) in [4.78, 5) is 12.2. The van der Waals surface area contributed by atoms with Gasteiger partial charge in [-0.25, -0.2) is 14.5 Å². The van der Waals surface area contributed by atoms with Gasteiger partial charge in [-0.05, 0) is 66.2 Å². The van der Waals surface area contributed by atoms with Crippen molar-refractivity contribution in [3.63, 3.8) is 0 Å². The zero-order chi connectivity index (χ0) is 26.9. The van der Waals surface area contributed by atoms with E-state index < -0.39 is 5.91 Å². The summed E-state index contributed by atoms with van der Waals surface area (Å²) in [5, 5.41) is 8.87. The number of halogens is 1. The fourth-order valence-electron chi connectivity index (χ4n) is 3.75. The monoisotopic (exact) mass is 520 g/mol. The molecule has 0 saturated carbocycles. The van der Waals surface area contributed by atoms with Gasteiger partial charge in [0, 0.05) is 17.3 Å². The van der Waals surface area contributed by atoms with Crippen LogP contribution in [0.15, 0.2) is 120 Å². The summed E-state index contributed by atoms with van der Waals surface area (Å²) in [5.41, 5.74) is 6.69. The normalized spacial score (nSPS) is 10.9. The molecule has 39 heavy (non-hydrogen) atoms. The summed E-state index contributed by atoms with van der Waals surface area (Å²) < 4.78 is 26.1. The van der Waals surface area contributed by atoms with Crippen LogP contribution in [0.4, 0.5) is 4.39 Å². The lowest BCUT2D eigenvalue weighted by atomic mass is 10.1. The van der Waals surface area contributed by atoms with Gasteiger partial charge >= 0.3 is 0 Å². The molecule has 0 bridgehead atoms. The number of hydrogen-bond acceptors (Lipinski definition) is 5. The summed E-state index contributed by atoms with van der Waals surface area (Å²) >= 11 is 0. The van der Waals surface area contributed by atoms with Crippen LogP contribution < -0.4 is 14.9 Å². The Morgan fingerprint density at radius 3 is 2.21 bits per heavy atom. The summed E-state index contributed by atoms with van der Waals surface area (Å²) in [6, 6.07) is 32.8. The van der Waals surface area contributed by atoms with Crippen molar-refractivity contribution in [1.29, 1.82) is 0 Å². The molecule has 5 aromatic rings. The lowest BCUT2D eigenvalue weighted by Crippen LogP contribution is -2.24. The molecule has 0 spiro atoms. The summed E-state index contributed by atoms with van der Waals surface area (Å²) in [6.45, 7) is 0.217. The molecule has 0 radical (unpaired) electrons. The minimum Gasteiger partial charge on any atom is -0.489 e. The Morgan fingerprint density at radius 2 is 1.49 bits per heavy atom. The van der Waals surface area contributed by atoms with E-state index in [1.807, 2.05) is 91.1 Å². The molecule has 0 aliphatic heterocycles. The first-order valence-electron chi connectivity index (χ1n) is 12.3. The number of nitrogens with one attached hydrogen (secondary N) is 1. The second kappa shape index (κ2) is 12.3. The first-order chi connectivity index (χ1) is 19.1. The summed E-state index contributed by atoms with van der Waals surface area (Å²) in [6.07, 6.45) is 3.38. The van der Waals surface area contributed by atoms with Crippen LogP contribution in [0.5, 0.6) is 11.5 Å². The second-order valence-corrected chi connectivity index (χ2v) is 8.55. The molecule has 0 aliphatic carbocycles. The molecule has 7 nitrogen and oxygen atoms in total. The predicted octanol–water partition coefficient (Wildman–Crippen LogP) is 5.79. The molecule has 5 rings (SSSR count). The number of carbonyl (C=O) groups excluding carboxylic acids is 1. The number of aromatic nitrogens is 2. The van der Waals surface area contributed by atoms with Gasteiger partial charge < -0.3 is 9.47 Å². The van der Waals surface area contributed by atoms with E-state index in [9.17, 15) is 9.18 Å². The Morgan fingerprint density at radius 1 is 0.846 bits per heavy atom. The van der Waals surface area contributed by atoms with E-state index in [4.69, 9.17) is 14.6 Å². The fourth-order valence-corrected chi connectivity index (χ4v) is 3.75. The molecule has 4 aromatic carbocycles. The van der Waals surface area contributed by atoms with Gasteiger partial charge in [0.2, 0.25) is 0 Å². The lowest BCUT2D eigenvalue weighted by molar-refractivity contribution is -0.123. The standard InChI is InChI=1S/C31H25FN4O3/c32-26-13-17-29(18-14-26)39-22-30(37)34-33-19-25-20-36(27-9-5-2-6-10-27)35-31(25)24-11-15-28(16-12-24)38-21-23-7-3-1-4-8-23/h1-20H,21-22H2,(H,34,37). The van der Waals surface area contributed by atoms with Gasteiger partial charge in [0.25, 0.3) is 5.91 Å². The molecule has 1 heterocycles. The van der Waals surface area contributed by atoms with Gasteiger partial charge in [0.05, 0.1) is 11.9 Å². The SMILES string of the molecule is O=C(COc1ccc(F)cc1)NN=Cc1cn(-c2ccccc2)nc1-c1ccc(OCc2ccccc2)cc1. The number of amides is 1. The first kappa shape index (κ1) is 25.4. The van der Waals surface area contributed by atoms with Crippen LogP contribution in [0.1, 0.15) is 11.1 Å². The molecule has 1 amide bonds. The number of benzene rings is 4. The van der Waals surface area contributed by atoms with E-state index >= 15 is 0 Å². The largest absolute Gasteiger partial charge is 0.489 e. The van der Waals surface area contributed by atoms with Crippen LogP contribution in [0.25, 0.3) is 16.9 Å². The topological polar surface area (TPSA) is 77.7 Å². The van der Waals surface area contributed by atoms with Crippen molar-refractivity contribution >= 4 is 12.1 Å². The maximum atomic E-state index is 13.0. The molecule has 8 heteroatoms. The van der Waals surface area contributed by atoms with Crippen LogP contribution in [-0.2, 0) is 11.4 Å². The molecule has 194 valence electrons. The van der Waals surface area contributed by atoms with Gasteiger partial charge in [-0.3, -0.25) is 4.79 Å². The molecule has 1 N–H and O–H groups in total. The van der Waals surface area contributed by atoms with Gasteiger partial charge in [-0.15, -0.1) is 0 Å². The maximum absolute atomic E-state index is 13.0. The smallest absolute Gasteiger partial charge is 0.277 e. The highest BCUT2D eigenvalue weighted by Gasteiger charge is 2.12. The first-order valence-corrected chi connectivity index (χ1v) is 12.3. The molecule has 0 aliphatic rings. The number of ether oxygens (including phenoxy) is 2. The Hall–Kier alpha value is -5.24. The van der Waals surface area contributed by atoms with Crippen LogP contribution in [-0.4, -0.2) is 28.5 Å². The van der Waals surface area contributed by atoms with Crippen LogP contribution in [0.2, 0.25) is 0 Å². The highest BCUT2D eigenvalue weighted by Crippen LogP contribution is 2.25. The van der Waals surface area contributed by atoms with Crippen molar-refractivity contribution in [2.75, 3.05) is 6.61 Å². The van der Waals surface area contributed by atoms with E-state index in [-0.39, 0.29) is 12.4 Å². The lowest BCUT2D eigenvalue weighted by Gasteiger charge is -2.07. The quantitative estimate of drug-likeness (QED) is 0.187. The second-order valence-electron chi connectivity index (χ2n) is 8.55. The zero-order valence-corrected chi connectivity index (χ0v) is 20.9. The number of para-hydroxylation sites is 1. The van der Waals surface area contributed by atoms with Crippen LogP contribution in [0, 0.1) is 5.82 Å². The van der Waals surface area contributed by atoms with E-state index in [1.54, 1.807) is 4.68 Å². The van der Waals surface area contributed by atoms with Crippen molar-refractivity contribution in [1.82, 2.24) is 15.2 Å². The maximum Gasteiger partial charge on any atom is 0.277 e. The summed E-state index contributed by atoms with van der Waals surface area (Å²) in [5.74, 6) is 0.303. The third kappa shape index (κ3) is 6.95. The third-order valence-corrected chi connectivity index (χ3v) is 5.72.